The molecule has 0 aliphatic rings. The van der Waals surface area contributed by atoms with Crippen LogP contribution in [0.25, 0.3) is 0 Å². The van der Waals surface area contributed by atoms with E-state index >= 15 is 0 Å². The molecular weight excluding hydrogens is 171 g/mol. The Labute approximate surface area is 56.5 Å². The van der Waals surface area contributed by atoms with Crippen LogP contribution in [0.1, 0.15) is 0 Å². The van der Waals surface area contributed by atoms with E-state index in [4.69, 9.17) is 0 Å². The molecule has 0 aromatic heterocycles. The maximum atomic E-state index is 11.8. The van der Waals surface area contributed by atoms with E-state index < -0.39 is 5.83 Å². The molecule has 0 heterocycles. The molecule has 0 radical (unpaired) electrons. The van der Waals surface area contributed by atoms with Crippen LogP contribution in [0.4, 0.5) is 4.39 Å². The van der Waals surface area contributed by atoms with Crippen molar-refractivity contribution in [2.45, 2.75) is 0 Å². The third-order valence-electron chi connectivity index (χ3n) is 0.490. The molecule has 2 heteroatoms. The Morgan fingerprint density at radius 3 is 2.25 bits per heavy atom. The van der Waals surface area contributed by atoms with Crippen LogP contribution >= 0.6 is 15.9 Å². The van der Waals surface area contributed by atoms with Crippen molar-refractivity contribution in [1.29, 1.82) is 0 Å². The van der Waals surface area contributed by atoms with Gasteiger partial charge in [-0.05, 0) is 6.08 Å². The normalized spacial score (nSPS) is 11.0. The molecule has 0 fully saturated rings. The molecule has 0 aromatic carbocycles. The van der Waals surface area contributed by atoms with Gasteiger partial charge in [-0.2, -0.15) is 0 Å². The van der Waals surface area contributed by atoms with E-state index in [1.165, 1.54) is 12.2 Å². The molecule has 0 N–H and O–H groups in total. The van der Waals surface area contributed by atoms with E-state index in [0.717, 1.165) is 0 Å². The van der Waals surface area contributed by atoms with Crippen molar-refractivity contribution >= 4 is 15.9 Å². The largest absolute Gasteiger partial charge is 0.208 e. The fourth-order valence-corrected chi connectivity index (χ4v) is 0.457. The summed E-state index contributed by atoms with van der Waals surface area (Å²) >= 11 is 3.02. The molecule has 0 aliphatic carbocycles. The highest BCUT2D eigenvalue weighted by atomic mass is 79.9. The van der Waals surface area contributed by atoms with Gasteiger partial charge >= 0.3 is 0 Å². The van der Waals surface area contributed by atoms with Crippen molar-refractivity contribution in [2.75, 3.05) is 0 Å². The van der Waals surface area contributed by atoms with E-state index in [-0.39, 0.29) is 0 Å². The van der Waals surface area contributed by atoms with Gasteiger partial charge in [0.1, 0.15) is 5.83 Å². The predicted molar refractivity (Wildman–Crippen MR) is 37.5 cm³/mol. The molecule has 0 unspecified atom stereocenters. The highest BCUT2D eigenvalue weighted by Crippen LogP contribution is 2.08. The quantitative estimate of drug-likeness (QED) is 0.568. The van der Waals surface area contributed by atoms with Gasteiger partial charge in [0.15, 0.2) is 0 Å². The first-order chi connectivity index (χ1) is 3.66. The molecule has 0 aromatic rings. The molecule has 0 saturated heterocycles. The second-order valence-electron chi connectivity index (χ2n) is 1.18. The van der Waals surface area contributed by atoms with Gasteiger partial charge in [-0.15, -0.1) is 0 Å². The van der Waals surface area contributed by atoms with E-state index in [1.54, 1.807) is 0 Å². The van der Waals surface area contributed by atoms with Gasteiger partial charge in [-0.3, -0.25) is 0 Å². The molecule has 8 heavy (non-hydrogen) atoms. The number of hydrogen-bond donors (Lipinski definition) is 0. The maximum absolute atomic E-state index is 11.8. The van der Waals surface area contributed by atoms with Crippen molar-refractivity contribution in [3.8, 4) is 0 Å². The molecule has 0 spiro atoms. The summed E-state index contributed by atoms with van der Waals surface area (Å²) in [5.41, 5.74) is 0. The van der Waals surface area contributed by atoms with Gasteiger partial charge in [0.2, 0.25) is 0 Å². The highest BCUT2D eigenvalue weighted by molar-refractivity contribution is 9.11. The molecule has 0 nitrogen and oxygen atoms in total. The van der Waals surface area contributed by atoms with Gasteiger partial charge in [-0.1, -0.05) is 35.2 Å². The summed E-state index contributed by atoms with van der Waals surface area (Å²) in [6.45, 7) is 6.41. The third kappa shape index (κ3) is 3.81. The first-order valence-electron chi connectivity index (χ1n) is 2.01. The van der Waals surface area contributed by atoms with Gasteiger partial charge in [0.05, 0.1) is 0 Å². The highest BCUT2D eigenvalue weighted by Gasteiger charge is 1.82. The van der Waals surface area contributed by atoms with Crippen LogP contribution in [0, 0.1) is 0 Å². The Kier molecular flexibility index (Phi) is 3.44. The minimum absolute atomic E-state index is 0.475. The molecule has 0 aliphatic heterocycles. The fraction of sp³-hybridized carbons (Fsp3) is 0. The van der Waals surface area contributed by atoms with E-state index in [9.17, 15) is 4.39 Å². The Morgan fingerprint density at radius 2 is 2.12 bits per heavy atom. The summed E-state index contributed by atoms with van der Waals surface area (Å²) in [5, 5.41) is 0. The summed E-state index contributed by atoms with van der Waals surface area (Å²) in [6, 6.07) is 0. The lowest BCUT2D eigenvalue weighted by Crippen LogP contribution is -1.60. The predicted octanol–water partition coefficient (Wildman–Crippen LogP) is 2.93. The summed E-state index contributed by atoms with van der Waals surface area (Å²) in [6.07, 6.45) is 2.73. The number of hydrogen-bond acceptors (Lipinski definition) is 0. The molecule has 0 rings (SSSR count). The lowest BCUT2D eigenvalue weighted by Gasteiger charge is -1.82. The van der Waals surface area contributed by atoms with Crippen LogP contribution in [-0.2, 0) is 0 Å². The minimum Gasteiger partial charge on any atom is -0.208 e. The number of allylic oxidation sites excluding steroid dienone is 4. The second-order valence-corrected chi connectivity index (χ2v) is 2.10. The van der Waals surface area contributed by atoms with Gasteiger partial charge in [-0.25, -0.2) is 4.39 Å². The standard InChI is InChI=1S/C6H6BrF/c1-3-6(7)4-5(2)8/h3-4H,1-2H2. The Hall–Kier alpha value is -0.370. The lowest BCUT2D eigenvalue weighted by atomic mass is 10.4. The van der Waals surface area contributed by atoms with Crippen LogP contribution in [-0.4, -0.2) is 0 Å². The lowest BCUT2D eigenvalue weighted by molar-refractivity contribution is 0.671. The van der Waals surface area contributed by atoms with E-state index in [2.05, 4.69) is 29.1 Å². The van der Waals surface area contributed by atoms with E-state index in [1.807, 2.05) is 0 Å². The molecule has 0 saturated carbocycles. The zero-order valence-corrected chi connectivity index (χ0v) is 5.91. The van der Waals surface area contributed by atoms with Crippen molar-refractivity contribution in [2.24, 2.45) is 0 Å². The average molecular weight is 177 g/mol. The van der Waals surface area contributed by atoms with Crippen molar-refractivity contribution in [3.63, 3.8) is 0 Å². The molecule has 44 valence electrons. The fourth-order valence-electron chi connectivity index (χ4n) is 0.209. The summed E-state index contributed by atoms with van der Waals surface area (Å²) in [5.74, 6) is -0.475. The third-order valence-corrected chi connectivity index (χ3v) is 1.04. The van der Waals surface area contributed by atoms with Gasteiger partial charge < -0.3 is 0 Å². The van der Waals surface area contributed by atoms with Crippen LogP contribution in [0.2, 0.25) is 0 Å². The van der Waals surface area contributed by atoms with Crippen molar-refractivity contribution in [1.82, 2.24) is 0 Å². The van der Waals surface area contributed by atoms with Crippen LogP contribution in [0.15, 0.2) is 35.6 Å². The van der Waals surface area contributed by atoms with Crippen LogP contribution in [0.3, 0.4) is 0 Å². The van der Waals surface area contributed by atoms with Crippen LogP contribution < -0.4 is 0 Å². The number of rotatable bonds is 2. The Bertz CT molecular complexity index is 135. The molecule has 0 bridgehead atoms. The van der Waals surface area contributed by atoms with E-state index in [0.29, 0.717) is 4.48 Å². The molecule has 0 amide bonds. The number of halogens is 2. The first kappa shape index (κ1) is 7.63. The minimum atomic E-state index is -0.475. The Balaban J connectivity index is 3.94. The van der Waals surface area contributed by atoms with Crippen molar-refractivity contribution < 1.29 is 4.39 Å². The zero-order chi connectivity index (χ0) is 6.57. The van der Waals surface area contributed by atoms with Crippen LogP contribution in [0.5, 0.6) is 0 Å². The summed E-state index contributed by atoms with van der Waals surface area (Å²) < 4.78 is 12.4. The maximum Gasteiger partial charge on any atom is 0.117 e. The average Bonchev–Trinajstić information content (AvgIpc) is 1.65. The Morgan fingerprint density at radius 1 is 1.62 bits per heavy atom. The SMILES string of the molecule is C=CC(Br)=CC(=C)F. The smallest absolute Gasteiger partial charge is 0.117 e. The van der Waals surface area contributed by atoms with Gasteiger partial charge in [0, 0.05) is 4.48 Å². The first-order valence-corrected chi connectivity index (χ1v) is 2.80. The summed E-state index contributed by atoms with van der Waals surface area (Å²) in [4.78, 5) is 0. The van der Waals surface area contributed by atoms with Crippen molar-refractivity contribution in [3.05, 3.63) is 35.6 Å². The van der Waals surface area contributed by atoms with Gasteiger partial charge in [0.25, 0.3) is 0 Å². The topological polar surface area (TPSA) is 0 Å². The second kappa shape index (κ2) is 3.61. The molecule has 0 atom stereocenters. The monoisotopic (exact) mass is 176 g/mol. The molecular formula is C6H6BrF. The summed E-state index contributed by atoms with van der Waals surface area (Å²) in [7, 11) is 0. The zero-order valence-electron chi connectivity index (χ0n) is 4.32.